The molecular formula is C17H21NO3. The van der Waals surface area contributed by atoms with E-state index >= 15 is 0 Å². The molecule has 1 aliphatic heterocycles. The Labute approximate surface area is 125 Å². The zero-order valence-electron chi connectivity index (χ0n) is 13.1. The minimum Gasteiger partial charge on any atom is -0.496 e. The standard InChI is InChI=1S/C17H21NO3/c1-10(2)13-8-12(6-7-15(13)20-5)9-14-17(19)21-16(18-14)11(3)4/h6-11H,1-5H3/b14-9+. The van der Waals surface area contributed by atoms with Crippen molar-refractivity contribution in [1.29, 1.82) is 0 Å². The molecule has 1 aromatic carbocycles. The van der Waals surface area contributed by atoms with E-state index in [0.29, 0.717) is 17.5 Å². The molecule has 0 N–H and O–H groups in total. The first-order valence-electron chi connectivity index (χ1n) is 7.12. The van der Waals surface area contributed by atoms with Crippen LogP contribution in [0.1, 0.15) is 44.7 Å². The number of nitrogens with zero attached hydrogens (tertiary/aromatic N) is 1. The molecule has 0 amide bonds. The van der Waals surface area contributed by atoms with E-state index < -0.39 is 0 Å². The SMILES string of the molecule is COc1ccc(/C=C2/N=C(C(C)C)OC2=O)cc1C(C)C. The van der Waals surface area contributed by atoms with Crippen molar-refractivity contribution < 1.29 is 14.3 Å². The monoisotopic (exact) mass is 287 g/mol. The Bertz CT molecular complexity index is 612. The molecule has 4 nitrogen and oxygen atoms in total. The Morgan fingerprint density at radius 3 is 2.43 bits per heavy atom. The summed E-state index contributed by atoms with van der Waals surface area (Å²) in [4.78, 5) is 16.1. The fraction of sp³-hybridized carbons (Fsp3) is 0.412. The van der Waals surface area contributed by atoms with Crippen LogP contribution < -0.4 is 4.74 Å². The molecule has 4 heteroatoms. The zero-order valence-corrected chi connectivity index (χ0v) is 13.1. The molecule has 1 aromatic rings. The predicted octanol–water partition coefficient (Wildman–Crippen LogP) is 3.77. The molecule has 0 aliphatic carbocycles. The molecule has 2 rings (SSSR count). The van der Waals surface area contributed by atoms with E-state index in [1.165, 1.54) is 0 Å². The molecule has 0 saturated heterocycles. The quantitative estimate of drug-likeness (QED) is 0.625. The summed E-state index contributed by atoms with van der Waals surface area (Å²) in [5.41, 5.74) is 2.37. The van der Waals surface area contributed by atoms with Gasteiger partial charge in [0.15, 0.2) is 5.70 Å². The minimum atomic E-state index is -0.388. The van der Waals surface area contributed by atoms with Gasteiger partial charge in [-0.3, -0.25) is 0 Å². The third-order valence-corrected chi connectivity index (χ3v) is 3.31. The Morgan fingerprint density at radius 1 is 1.19 bits per heavy atom. The number of hydrogen-bond acceptors (Lipinski definition) is 4. The molecule has 1 aliphatic rings. The molecule has 0 unspecified atom stereocenters. The van der Waals surface area contributed by atoms with E-state index in [4.69, 9.17) is 9.47 Å². The highest BCUT2D eigenvalue weighted by Crippen LogP contribution is 2.28. The Balaban J connectivity index is 2.37. The average Bonchev–Trinajstić information content (AvgIpc) is 2.80. The normalized spacial score (nSPS) is 16.6. The van der Waals surface area contributed by atoms with Gasteiger partial charge in [-0.1, -0.05) is 33.8 Å². The summed E-state index contributed by atoms with van der Waals surface area (Å²) in [5.74, 6) is 1.38. The van der Waals surface area contributed by atoms with Gasteiger partial charge in [0.25, 0.3) is 0 Å². The van der Waals surface area contributed by atoms with Gasteiger partial charge in [0.1, 0.15) is 5.75 Å². The van der Waals surface area contributed by atoms with Gasteiger partial charge in [-0.25, -0.2) is 9.79 Å². The molecule has 21 heavy (non-hydrogen) atoms. The van der Waals surface area contributed by atoms with Gasteiger partial charge in [0.05, 0.1) is 7.11 Å². The third kappa shape index (κ3) is 3.32. The number of methoxy groups -OCH3 is 1. The lowest BCUT2D eigenvalue weighted by Crippen LogP contribution is -2.09. The molecule has 0 spiro atoms. The minimum absolute atomic E-state index is 0.0990. The maximum Gasteiger partial charge on any atom is 0.363 e. The van der Waals surface area contributed by atoms with Crippen molar-refractivity contribution in [1.82, 2.24) is 0 Å². The topological polar surface area (TPSA) is 47.9 Å². The second-order valence-corrected chi connectivity index (χ2v) is 5.68. The first kappa shape index (κ1) is 15.3. The largest absolute Gasteiger partial charge is 0.496 e. The van der Waals surface area contributed by atoms with Crippen LogP contribution >= 0.6 is 0 Å². The number of carbonyl (C=O) groups is 1. The maximum absolute atomic E-state index is 11.8. The summed E-state index contributed by atoms with van der Waals surface area (Å²) in [6.07, 6.45) is 1.75. The highest BCUT2D eigenvalue weighted by atomic mass is 16.6. The Morgan fingerprint density at radius 2 is 1.90 bits per heavy atom. The number of rotatable bonds is 4. The van der Waals surface area contributed by atoms with Gasteiger partial charge in [0.2, 0.25) is 5.90 Å². The molecule has 1 heterocycles. The first-order valence-corrected chi connectivity index (χ1v) is 7.12. The predicted molar refractivity (Wildman–Crippen MR) is 83.4 cm³/mol. The van der Waals surface area contributed by atoms with Crippen LogP contribution in [0.3, 0.4) is 0 Å². The van der Waals surface area contributed by atoms with Crippen molar-refractivity contribution in [3.05, 3.63) is 35.0 Å². The van der Waals surface area contributed by atoms with Gasteiger partial charge >= 0.3 is 5.97 Å². The molecule has 0 bridgehead atoms. The van der Waals surface area contributed by atoms with Crippen LogP contribution in [-0.4, -0.2) is 19.0 Å². The molecule has 0 atom stereocenters. The fourth-order valence-electron chi connectivity index (χ4n) is 2.12. The van der Waals surface area contributed by atoms with E-state index in [2.05, 4.69) is 18.8 Å². The van der Waals surface area contributed by atoms with Gasteiger partial charge < -0.3 is 9.47 Å². The second-order valence-electron chi connectivity index (χ2n) is 5.68. The maximum atomic E-state index is 11.8. The number of esters is 1. The lowest BCUT2D eigenvalue weighted by molar-refractivity contribution is -0.130. The van der Waals surface area contributed by atoms with Gasteiger partial charge in [-0.05, 0) is 35.3 Å². The number of cyclic esters (lactones) is 1. The second kappa shape index (κ2) is 6.12. The lowest BCUT2D eigenvalue weighted by Gasteiger charge is -2.12. The van der Waals surface area contributed by atoms with Crippen LogP contribution in [0.15, 0.2) is 28.9 Å². The number of benzene rings is 1. The van der Waals surface area contributed by atoms with Crippen molar-refractivity contribution in [2.75, 3.05) is 7.11 Å². The van der Waals surface area contributed by atoms with E-state index in [0.717, 1.165) is 16.9 Å². The van der Waals surface area contributed by atoms with E-state index in [1.54, 1.807) is 13.2 Å². The van der Waals surface area contributed by atoms with Crippen molar-refractivity contribution in [3.63, 3.8) is 0 Å². The van der Waals surface area contributed by atoms with Gasteiger partial charge in [-0.2, -0.15) is 0 Å². The summed E-state index contributed by atoms with van der Waals surface area (Å²) >= 11 is 0. The lowest BCUT2D eigenvalue weighted by atomic mass is 9.99. The van der Waals surface area contributed by atoms with Crippen LogP contribution in [0.2, 0.25) is 0 Å². The molecule has 0 saturated carbocycles. The number of aliphatic imine (C=N–C) groups is 1. The van der Waals surface area contributed by atoms with Crippen molar-refractivity contribution in [2.45, 2.75) is 33.6 Å². The van der Waals surface area contributed by atoms with Crippen LogP contribution in [0, 0.1) is 5.92 Å². The highest BCUT2D eigenvalue weighted by molar-refractivity contribution is 6.07. The van der Waals surface area contributed by atoms with Crippen molar-refractivity contribution >= 4 is 17.9 Å². The van der Waals surface area contributed by atoms with E-state index in [9.17, 15) is 4.79 Å². The van der Waals surface area contributed by atoms with Gasteiger partial charge in [0, 0.05) is 5.92 Å². The van der Waals surface area contributed by atoms with Crippen molar-refractivity contribution in [2.24, 2.45) is 10.9 Å². The fourth-order valence-corrected chi connectivity index (χ4v) is 2.12. The summed E-state index contributed by atoms with van der Waals surface area (Å²) < 4.78 is 10.5. The number of carbonyl (C=O) groups excluding carboxylic acids is 1. The zero-order chi connectivity index (χ0) is 15.6. The van der Waals surface area contributed by atoms with E-state index in [1.807, 2.05) is 32.0 Å². The first-order chi connectivity index (χ1) is 9.92. The van der Waals surface area contributed by atoms with Crippen LogP contribution in [0.25, 0.3) is 6.08 Å². The molecule has 112 valence electrons. The molecule has 0 aromatic heterocycles. The number of ether oxygens (including phenoxy) is 2. The van der Waals surface area contributed by atoms with Crippen LogP contribution in [0.4, 0.5) is 0 Å². The van der Waals surface area contributed by atoms with Crippen LogP contribution in [-0.2, 0) is 9.53 Å². The molecule has 0 fully saturated rings. The Kier molecular flexibility index (Phi) is 4.46. The van der Waals surface area contributed by atoms with E-state index in [-0.39, 0.29) is 11.9 Å². The van der Waals surface area contributed by atoms with Gasteiger partial charge in [-0.15, -0.1) is 0 Å². The summed E-state index contributed by atoms with van der Waals surface area (Å²) in [5, 5.41) is 0. The molecule has 0 radical (unpaired) electrons. The molecular weight excluding hydrogens is 266 g/mol. The third-order valence-electron chi connectivity index (χ3n) is 3.31. The summed E-state index contributed by atoms with van der Waals surface area (Å²) in [6, 6.07) is 5.84. The highest BCUT2D eigenvalue weighted by Gasteiger charge is 2.24. The number of hydrogen-bond donors (Lipinski definition) is 0. The van der Waals surface area contributed by atoms with Crippen molar-refractivity contribution in [3.8, 4) is 5.75 Å². The van der Waals surface area contributed by atoms with Crippen LogP contribution in [0.5, 0.6) is 5.75 Å². The average molecular weight is 287 g/mol. The Hall–Kier alpha value is -2.10. The smallest absolute Gasteiger partial charge is 0.363 e. The summed E-state index contributed by atoms with van der Waals surface area (Å²) in [6.45, 7) is 8.10. The summed E-state index contributed by atoms with van der Waals surface area (Å²) in [7, 11) is 1.66.